The molecule has 33 heavy (non-hydrogen) atoms. The normalized spacial score (nSPS) is 14.1. The highest BCUT2D eigenvalue weighted by atomic mass is 16.6. The fourth-order valence-electron chi connectivity index (χ4n) is 3.27. The van der Waals surface area contributed by atoms with Crippen LogP contribution in [0.3, 0.4) is 0 Å². The summed E-state index contributed by atoms with van der Waals surface area (Å²) in [7, 11) is 1.46. The number of hydrogen-bond acceptors (Lipinski definition) is 6. The van der Waals surface area contributed by atoms with Crippen molar-refractivity contribution in [2.45, 2.75) is 38.1 Å². The smallest absolute Gasteiger partial charge is 0.125 e. The Hall–Kier alpha value is -3.03. The van der Waals surface area contributed by atoms with Crippen LogP contribution in [-0.2, 0) is 38.9 Å². The van der Waals surface area contributed by atoms with Gasteiger partial charge in [-0.1, -0.05) is 96.2 Å². The molecule has 1 N–H and O–H groups in total. The molecule has 174 valence electrons. The van der Waals surface area contributed by atoms with E-state index in [9.17, 15) is 5.11 Å². The minimum absolute atomic E-state index is 0.0837. The lowest BCUT2D eigenvalue weighted by Gasteiger charge is -2.29. The summed E-state index contributed by atoms with van der Waals surface area (Å²) in [5, 5.41) is 14.9. The lowest BCUT2D eigenvalue weighted by atomic mass is 10.1. The Morgan fingerprint density at radius 2 is 1.21 bits per heavy atom. The minimum atomic E-state index is -0.943. The van der Waals surface area contributed by atoms with E-state index in [1.165, 1.54) is 13.3 Å². The molecule has 3 atom stereocenters. The zero-order valence-corrected chi connectivity index (χ0v) is 18.8. The monoisotopic (exact) mass is 449 g/mol. The lowest BCUT2D eigenvalue weighted by molar-refractivity contribution is -0.127. The zero-order chi connectivity index (χ0) is 23.1. The van der Waals surface area contributed by atoms with Crippen molar-refractivity contribution < 1.29 is 24.2 Å². The van der Waals surface area contributed by atoms with E-state index in [4.69, 9.17) is 19.0 Å². The van der Waals surface area contributed by atoms with Gasteiger partial charge in [-0.25, -0.2) is 0 Å². The summed E-state index contributed by atoms with van der Waals surface area (Å²) in [6.45, 7) is 1.13. The highest BCUT2D eigenvalue weighted by Crippen LogP contribution is 2.15. The van der Waals surface area contributed by atoms with E-state index in [1.54, 1.807) is 0 Å². The van der Waals surface area contributed by atoms with Crippen LogP contribution >= 0.6 is 0 Å². The number of ether oxygens (including phenoxy) is 3. The van der Waals surface area contributed by atoms with Gasteiger partial charge in [0.1, 0.15) is 25.4 Å². The Kier molecular flexibility index (Phi) is 10.6. The van der Waals surface area contributed by atoms with Crippen LogP contribution in [0.1, 0.15) is 16.7 Å². The van der Waals surface area contributed by atoms with E-state index >= 15 is 0 Å². The Morgan fingerprint density at radius 3 is 1.73 bits per heavy atom. The third kappa shape index (κ3) is 8.79. The van der Waals surface area contributed by atoms with Crippen LogP contribution in [0, 0.1) is 0 Å². The quantitative estimate of drug-likeness (QED) is 0.292. The fraction of sp³-hybridized carbons (Fsp3) is 0.296. The third-order valence-corrected chi connectivity index (χ3v) is 4.99. The molecule has 0 bridgehead atoms. The minimum Gasteiger partial charge on any atom is -0.399 e. The molecule has 0 amide bonds. The predicted molar refractivity (Wildman–Crippen MR) is 128 cm³/mol. The topological polar surface area (TPSA) is 69.5 Å². The molecule has 0 fully saturated rings. The third-order valence-electron chi connectivity index (χ3n) is 4.99. The maximum atomic E-state index is 11.0. The number of hydrogen-bond donors (Lipinski definition) is 1. The van der Waals surface area contributed by atoms with E-state index in [2.05, 4.69) is 5.16 Å². The molecular weight excluding hydrogens is 418 g/mol. The molecule has 0 aliphatic heterocycles. The van der Waals surface area contributed by atoms with Gasteiger partial charge in [-0.05, 0) is 16.7 Å². The van der Waals surface area contributed by atoms with Crippen molar-refractivity contribution in [1.29, 1.82) is 0 Å². The second kappa shape index (κ2) is 14.2. The van der Waals surface area contributed by atoms with Gasteiger partial charge in [0.25, 0.3) is 0 Å². The SMILES string of the molecule is CON=C[C@H](OCc1ccccc1)[C@H](OCc1ccccc1)[C@H](O)COCc1ccccc1. The number of nitrogens with zero attached hydrogens (tertiary/aromatic N) is 1. The first kappa shape index (κ1) is 24.6. The molecule has 0 saturated carbocycles. The van der Waals surface area contributed by atoms with Gasteiger partial charge >= 0.3 is 0 Å². The summed E-state index contributed by atoms with van der Waals surface area (Å²) in [6, 6.07) is 29.4. The predicted octanol–water partition coefficient (Wildman–Crippen LogP) is 4.37. The Balaban J connectivity index is 1.68. The van der Waals surface area contributed by atoms with E-state index in [0.717, 1.165) is 16.7 Å². The zero-order valence-electron chi connectivity index (χ0n) is 18.8. The maximum Gasteiger partial charge on any atom is 0.125 e. The molecule has 0 saturated heterocycles. The van der Waals surface area contributed by atoms with Gasteiger partial charge in [0, 0.05) is 0 Å². The van der Waals surface area contributed by atoms with Gasteiger partial charge in [-0.15, -0.1) is 0 Å². The molecule has 0 spiro atoms. The molecule has 3 aromatic carbocycles. The standard InChI is InChI=1S/C27H31NO5/c1-30-28-17-26(32-19-23-13-7-3-8-14-23)27(33-20-24-15-9-4-10-16-24)25(29)21-31-18-22-11-5-2-6-12-22/h2-17,25-27,29H,18-21H2,1H3/t25-,26+,27-/m1/s1. The fourth-order valence-corrected chi connectivity index (χ4v) is 3.27. The van der Waals surface area contributed by atoms with E-state index < -0.39 is 18.3 Å². The first-order valence-electron chi connectivity index (χ1n) is 10.9. The van der Waals surface area contributed by atoms with Crippen LogP contribution in [0.2, 0.25) is 0 Å². The van der Waals surface area contributed by atoms with Gasteiger partial charge < -0.3 is 24.2 Å². The summed E-state index contributed by atoms with van der Waals surface area (Å²) >= 11 is 0. The van der Waals surface area contributed by atoms with Crippen molar-refractivity contribution in [2.75, 3.05) is 13.7 Å². The second-order valence-electron chi connectivity index (χ2n) is 7.53. The van der Waals surface area contributed by atoms with E-state index in [1.807, 2.05) is 91.0 Å². The van der Waals surface area contributed by atoms with Crippen LogP contribution in [0.25, 0.3) is 0 Å². The summed E-state index contributed by atoms with van der Waals surface area (Å²) < 4.78 is 18.0. The van der Waals surface area contributed by atoms with Crippen molar-refractivity contribution in [2.24, 2.45) is 5.16 Å². The number of aliphatic hydroxyl groups is 1. The maximum absolute atomic E-state index is 11.0. The van der Waals surface area contributed by atoms with Gasteiger partial charge in [0.15, 0.2) is 0 Å². The molecule has 0 radical (unpaired) electrons. The van der Waals surface area contributed by atoms with Crippen LogP contribution in [0.15, 0.2) is 96.2 Å². The Morgan fingerprint density at radius 1 is 0.727 bits per heavy atom. The summed E-state index contributed by atoms with van der Waals surface area (Å²) in [6.07, 6.45) is -0.798. The molecule has 0 aromatic heterocycles. The Labute approximate surface area is 195 Å². The van der Waals surface area contributed by atoms with E-state index in [-0.39, 0.29) is 6.61 Å². The first-order chi connectivity index (χ1) is 16.3. The van der Waals surface area contributed by atoms with Gasteiger partial charge in [0.2, 0.25) is 0 Å². The van der Waals surface area contributed by atoms with Crippen molar-refractivity contribution in [3.05, 3.63) is 108 Å². The van der Waals surface area contributed by atoms with Crippen LogP contribution in [0.5, 0.6) is 0 Å². The van der Waals surface area contributed by atoms with Crippen LogP contribution in [-0.4, -0.2) is 43.3 Å². The molecule has 0 aliphatic carbocycles. The average Bonchev–Trinajstić information content (AvgIpc) is 2.87. The average molecular weight is 450 g/mol. The van der Waals surface area contributed by atoms with Gasteiger partial charge in [-0.3, -0.25) is 0 Å². The van der Waals surface area contributed by atoms with Gasteiger partial charge in [-0.2, -0.15) is 0 Å². The second-order valence-corrected chi connectivity index (χ2v) is 7.53. The Bertz CT molecular complexity index is 921. The number of rotatable bonds is 14. The highest BCUT2D eigenvalue weighted by Gasteiger charge is 2.30. The van der Waals surface area contributed by atoms with E-state index in [0.29, 0.717) is 19.8 Å². The van der Waals surface area contributed by atoms with Crippen LogP contribution in [0.4, 0.5) is 0 Å². The van der Waals surface area contributed by atoms with Crippen molar-refractivity contribution in [3.63, 3.8) is 0 Å². The number of benzene rings is 3. The van der Waals surface area contributed by atoms with Crippen molar-refractivity contribution >= 4 is 6.21 Å². The highest BCUT2D eigenvalue weighted by molar-refractivity contribution is 5.63. The molecule has 3 aromatic rings. The lowest BCUT2D eigenvalue weighted by Crippen LogP contribution is -2.44. The summed E-state index contributed by atoms with van der Waals surface area (Å²) in [5.41, 5.74) is 3.03. The first-order valence-corrected chi connectivity index (χ1v) is 10.9. The molecule has 0 aliphatic rings. The molecule has 6 nitrogen and oxygen atoms in total. The summed E-state index contributed by atoms with van der Waals surface area (Å²) in [4.78, 5) is 4.88. The molecule has 6 heteroatoms. The summed E-state index contributed by atoms with van der Waals surface area (Å²) in [5.74, 6) is 0. The molecule has 3 rings (SSSR count). The molecule has 0 unspecified atom stereocenters. The number of aliphatic hydroxyl groups excluding tert-OH is 1. The molecular formula is C27H31NO5. The largest absolute Gasteiger partial charge is 0.399 e. The van der Waals surface area contributed by atoms with Crippen molar-refractivity contribution in [1.82, 2.24) is 0 Å². The number of oxime groups is 1. The van der Waals surface area contributed by atoms with Gasteiger partial charge in [0.05, 0.1) is 32.6 Å². The van der Waals surface area contributed by atoms with Crippen LogP contribution < -0.4 is 0 Å². The van der Waals surface area contributed by atoms with Crippen molar-refractivity contribution in [3.8, 4) is 0 Å². The molecule has 0 heterocycles.